The van der Waals surface area contributed by atoms with Crippen LogP contribution in [0.15, 0.2) is 0 Å². The van der Waals surface area contributed by atoms with E-state index in [2.05, 4.69) is 12.6 Å². The van der Waals surface area contributed by atoms with Gasteiger partial charge in [0.1, 0.15) is 0 Å². The third-order valence-electron chi connectivity index (χ3n) is 2.13. The first-order valence-corrected chi connectivity index (χ1v) is 8.69. The van der Waals surface area contributed by atoms with Crippen LogP contribution in [0.2, 0.25) is 0 Å². The molecule has 0 spiro atoms. The highest BCUT2D eigenvalue weighted by Gasteiger charge is 2.51. The Morgan fingerprint density at radius 3 is 1.83 bits per heavy atom. The topological polar surface area (TPSA) is 54.0 Å². The lowest BCUT2D eigenvalue weighted by Crippen LogP contribution is -2.58. The van der Waals surface area contributed by atoms with Crippen molar-refractivity contribution in [1.29, 1.82) is 0 Å². The second-order valence-electron chi connectivity index (χ2n) is 3.51. The van der Waals surface area contributed by atoms with Crippen LogP contribution >= 0.6 is 12.6 Å². The van der Waals surface area contributed by atoms with E-state index in [1.807, 2.05) is 20.8 Å². The summed E-state index contributed by atoms with van der Waals surface area (Å²) in [6.45, 7) is 8.33. The number of hydrogen-bond donors (Lipinski definition) is 1. The first-order valence-electron chi connectivity index (χ1n) is 6.26. The molecular weight excluding hydrogens is 272 g/mol. The molecule has 18 heavy (non-hydrogen) atoms. The van der Waals surface area contributed by atoms with E-state index in [0.717, 1.165) is 0 Å². The van der Waals surface area contributed by atoms with Gasteiger partial charge in [0.2, 0.25) is 0 Å². The highest BCUT2D eigenvalue weighted by atomic mass is 32.1. The number of ether oxygens (including phenoxy) is 1. The predicted molar refractivity (Wildman–Crippen MR) is 74.7 cm³/mol. The number of rotatable bonds is 10. The fourth-order valence-electron chi connectivity index (χ4n) is 1.63. The van der Waals surface area contributed by atoms with Gasteiger partial charge in [0.15, 0.2) is 5.73 Å². The number of carbonyl (C=O) groups is 1. The van der Waals surface area contributed by atoms with E-state index in [1.165, 1.54) is 6.92 Å². The summed E-state index contributed by atoms with van der Waals surface area (Å²) < 4.78 is 22.4. The van der Waals surface area contributed by atoms with Crippen LogP contribution in [0.1, 0.15) is 34.1 Å². The largest absolute Gasteiger partial charge is 0.544 e. The van der Waals surface area contributed by atoms with Crippen LogP contribution in [-0.2, 0) is 22.8 Å². The minimum atomic E-state index is -3.00. The molecule has 5 nitrogen and oxygen atoms in total. The SMILES string of the molecule is CCO[Si](OCC)(OCC)C(CCS)OC(C)=O. The number of hydrogen-bond acceptors (Lipinski definition) is 6. The Bertz CT molecular complexity index is 222. The first-order chi connectivity index (χ1) is 8.56. The number of carbonyl (C=O) groups excluding carboxylic acids is 1. The third kappa shape index (κ3) is 5.70. The predicted octanol–water partition coefficient (Wildman–Crippen LogP) is 1.83. The summed E-state index contributed by atoms with van der Waals surface area (Å²) in [7, 11) is -3.00. The van der Waals surface area contributed by atoms with E-state index in [4.69, 9.17) is 18.0 Å². The molecule has 1 atom stereocenters. The van der Waals surface area contributed by atoms with Gasteiger partial charge in [-0.1, -0.05) is 0 Å². The molecule has 0 bridgehead atoms. The van der Waals surface area contributed by atoms with Gasteiger partial charge in [-0.25, -0.2) is 0 Å². The number of thiol groups is 1. The lowest BCUT2D eigenvalue weighted by Gasteiger charge is -2.34. The summed E-state index contributed by atoms with van der Waals surface area (Å²) in [4.78, 5) is 11.2. The maximum absolute atomic E-state index is 11.2. The summed E-state index contributed by atoms with van der Waals surface area (Å²) in [5.74, 6) is 0.206. The quantitative estimate of drug-likeness (QED) is 0.379. The molecule has 0 amide bonds. The Labute approximate surface area is 116 Å². The summed E-state index contributed by atoms with van der Waals surface area (Å²) >= 11 is 4.18. The van der Waals surface area contributed by atoms with E-state index in [0.29, 0.717) is 32.0 Å². The Morgan fingerprint density at radius 1 is 1.11 bits per heavy atom. The third-order valence-corrected chi connectivity index (χ3v) is 5.66. The fraction of sp³-hybridized carbons (Fsp3) is 0.909. The minimum Gasteiger partial charge on any atom is -0.458 e. The molecule has 0 fully saturated rings. The highest BCUT2D eigenvalue weighted by Crippen LogP contribution is 2.21. The maximum Gasteiger partial charge on any atom is 0.544 e. The van der Waals surface area contributed by atoms with Crippen LogP contribution < -0.4 is 0 Å². The molecule has 0 N–H and O–H groups in total. The molecule has 0 heterocycles. The van der Waals surface area contributed by atoms with Gasteiger partial charge in [-0.15, -0.1) is 0 Å². The van der Waals surface area contributed by atoms with E-state index in [-0.39, 0.29) is 5.97 Å². The fourth-order valence-corrected chi connectivity index (χ4v) is 4.93. The molecule has 0 aliphatic heterocycles. The Balaban J connectivity index is 5.06. The van der Waals surface area contributed by atoms with Crippen LogP contribution in [0.3, 0.4) is 0 Å². The van der Waals surface area contributed by atoms with Crippen molar-refractivity contribution in [2.75, 3.05) is 25.6 Å². The average Bonchev–Trinajstić information content (AvgIpc) is 2.29. The summed E-state index contributed by atoms with van der Waals surface area (Å²) in [5.41, 5.74) is -0.493. The smallest absolute Gasteiger partial charge is 0.458 e. The van der Waals surface area contributed by atoms with E-state index >= 15 is 0 Å². The van der Waals surface area contributed by atoms with Crippen LogP contribution in [0.4, 0.5) is 0 Å². The van der Waals surface area contributed by atoms with Gasteiger partial charge >= 0.3 is 14.8 Å². The van der Waals surface area contributed by atoms with Crippen molar-refractivity contribution in [3.8, 4) is 0 Å². The van der Waals surface area contributed by atoms with Crippen LogP contribution in [0, 0.1) is 0 Å². The molecule has 0 saturated carbocycles. The van der Waals surface area contributed by atoms with Crippen molar-refractivity contribution in [2.45, 2.75) is 39.8 Å². The summed E-state index contributed by atoms with van der Waals surface area (Å²) in [5, 5.41) is 0. The lowest BCUT2D eigenvalue weighted by atomic mass is 10.5. The molecule has 108 valence electrons. The Kier molecular flexibility index (Phi) is 9.75. The zero-order valence-corrected chi connectivity index (χ0v) is 13.5. The zero-order chi connectivity index (χ0) is 14.0. The monoisotopic (exact) mass is 296 g/mol. The van der Waals surface area contributed by atoms with Gasteiger partial charge in [0, 0.05) is 26.7 Å². The Hall–Kier alpha value is -0.0831. The molecule has 0 aliphatic carbocycles. The van der Waals surface area contributed by atoms with Crippen LogP contribution in [-0.4, -0.2) is 46.1 Å². The van der Waals surface area contributed by atoms with E-state index in [1.54, 1.807) is 0 Å². The van der Waals surface area contributed by atoms with Crippen molar-refractivity contribution in [3.05, 3.63) is 0 Å². The molecular formula is C11H24O5SSi. The molecule has 0 aromatic heterocycles. The van der Waals surface area contributed by atoms with Gasteiger partial charge < -0.3 is 18.0 Å². The summed E-state index contributed by atoms with van der Waals surface area (Å²) in [6.07, 6.45) is 0.551. The molecule has 0 aliphatic rings. The van der Waals surface area contributed by atoms with Crippen molar-refractivity contribution in [1.82, 2.24) is 0 Å². The Morgan fingerprint density at radius 2 is 1.56 bits per heavy atom. The van der Waals surface area contributed by atoms with Gasteiger partial charge in [-0.05, 0) is 32.9 Å². The molecule has 0 radical (unpaired) electrons. The molecule has 0 saturated heterocycles. The summed E-state index contributed by atoms with van der Waals surface area (Å²) in [6, 6.07) is 0. The average molecular weight is 296 g/mol. The van der Waals surface area contributed by atoms with Gasteiger partial charge in [0.25, 0.3) is 0 Å². The standard InChI is InChI=1S/C11H24O5SSi/c1-5-13-18(14-6-2,15-7-3)11(8-9-17)16-10(4)12/h11,17H,5-9H2,1-4H3. The maximum atomic E-state index is 11.2. The van der Waals surface area contributed by atoms with Gasteiger partial charge in [-0.2, -0.15) is 12.6 Å². The second-order valence-corrected chi connectivity index (χ2v) is 6.68. The van der Waals surface area contributed by atoms with Crippen molar-refractivity contribution >= 4 is 27.4 Å². The van der Waals surface area contributed by atoms with Crippen molar-refractivity contribution in [2.24, 2.45) is 0 Å². The molecule has 1 unspecified atom stereocenters. The van der Waals surface area contributed by atoms with E-state index in [9.17, 15) is 4.79 Å². The lowest BCUT2D eigenvalue weighted by molar-refractivity contribution is -0.146. The molecule has 7 heteroatoms. The van der Waals surface area contributed by atoms with Gasteiger partial charge in [-0.3, -0.25) is 4.79 Å². The highest BCUT2D eigenvalue weighted by molar-refractivity contribution is 7.80. The normalized spacial score (nSPS) is 13.4. The van der Waals surface area contributed by atoms with E-state index < -0.39 is 14.5 Å². The van der Waals surface area contributed by atoms with Crippen LogP contribution in [0.25, 0.3) is 0 Å². The minimum absolute atomic E-state index is 0.363. The first kappa shape index (κ1) is 17.9. The van der Waals surface area contributed by atoms with Crippen molar-refractivity contribution in [3.63, 3.8) is 0 Å². The van der Waals surface area contributed by atoms with Crippen LogP contribution in [0.5, 0.6) is 0 Å². The molecule has 0 rings (SSSR count). The van der Waals surface area contributed by atoms with Gasteiger partial charge in [0.05, 0.1) is 0 Å². The number of esters is 1. The molecule has 0 aromatic rings. The zero-order valence-electron chi connectivity index (χ0n) is 11.6. The molecule has 0 aromatic carbocycles. The second kappa shape index (κ2) is 9.80. The van der Waals surface area contributed by atoms with Crippen molar-refractivity contribution < 1.29 is 22.8 Å².